The molecule has 0 aliphatic rings. The summed E-state index contributed by atoms with van der Waals surface area (Å²) in [5.74, 6) is 0.950. The molecule has 5 nitrogen and oxygen atoms in total. The first-order valence-electron chi connectivity index (χ1n) is 7.19. The van der Waals surface area contributed by atoms with Gasteiger partial charge in [0.25, 0.3) is 5.91 Å². The van der Waals surface area contributed by atoms with Gasteiger partial charge in [0, 0.05) is 0 Å². The van der Waals surface area contributed by atoms with Crippen molar-refractivity contribution in [2.75, 3.05) is 6.61 Å². The molecular formula is C17H20N2O3. The largest absolute Gasteiger partial charge is 0.467 e. The van der Waals surface area contributed by atoms with Crippen LogP contribution in [0, 0.1) is 0 Å². The minimum Gasteiger partial charge on any atom is -0.467 e. The molecule has 0 bridgehead atoms. The summed E-state index contributed by atoms with van der Waals surface area (Å²) in [5, 5.41) is 6.46. The molecule has 1 aromatic carbocycles. The number of oxime groups is 1. The Morgan fingerprint density at radius 2 is 2.09 bits per heavy atom. The quantitative estimate of drug-likeness (QED) is 0.631. The van der Waals surface area contributed by atoms with Crippen molar-refractivity contribution in [1.82, 2.24) is 5.32 Å². The number of amides is 1. The lowest BCUT2D eigenvalue weighted by atomic mass is 10.0. The molecule has 0 saturated carbocycles. The SMILES string of the molecule is CC(C)c1ccc(/C=N/OCC(=O)NCc2ccco2)cc1. The first-order chi connectivity index (χ1) is 10.6. The van der Waals surface area contributed by atoms with Crippen LogP contribution in [0.4, 0.5) is 0 Å². The van der Waals surface area contributed by atoms with Crippen molar-refractivity contribution < 1.29 is 14.0 Å². The third-order valence-electron chi connectivity index (χ3n) is 3.11. The summed E-state index contributed by atoms with van der Waals surface area (Å²) in [4.78, 5) is 16.5. The minimum absolute atomic E-state index is 0.124. The lowest BCUT2D eigenvalue weighted by molar-refractivity contribution is -0.125. The highest BCUT2D eigenvalue weighted by Gasteiger charge is 2.02. The highest BCUT2D eigenvalue weighted by Crippen LogP contribution is 2.13. The molecular weight excluding hydrogens is 280 g/mol. The monoisotopic (exact) mass is 300 g/mol. The molecule has 22 heavy (non-hydrogen) atoms. The molecule has 0 fully saturated rings. The summed E-state index contributed by atoms with van der Waals surface area (Å²) >= 11 is 0. The van der Waals surface area contributed by atoms with E-state index >= 15 is 0 Å². The van der Waals surface area contributed by atoms with Gasteiger partial charge in [-0.25, -0.2) is 0 Å². The van der Waals surface area contributed by atoms with Gasteiger partial charge in [0.05, 0.1) is 19.0 Å². The number of hydrogen-bond acceptors (Lipinski definition) is 4. The molecule has 0 unspecified atom stereocenters. The van der Waals surface area contributed by atoms with Crippen LogP contribution in [0.15, 0.2) is 52.2 Å². The van der Waals surface area contributed by atoms with Gasteiger partial charge in [-0.3, -0.25) is 4.79 Å². The van der Waals surface area contributed by atoms with Gasteiger partial charge in [-0.2, -0.15) is 0 Å². The second kappa shape index (κ2) is 8.02. The molecule has 1 heterocycles. The lowest BCUT2D eigenvalue weighted by Crippen LogP contribution is -2.26. The van der Waals surface area contributed by atoms with Crippen LogP contribution < -0.4 is 5.32 Å². The van der Waals surface area contributed by atoms with Gasteiger partial charge in [-0.1, -0.05) is 43.3 Å². The van der Waals surface area contributed by atoms with E-state index in [2.05, 4.69) is 36.5 Å². The van der Waals surface area contributed by atoms with Crippen LogP contribution in [0.25, 0.3) is 0 Å². The Labute approximate surface area is 130 Å². The van der Waals surface area contributed by atoms with E-state index in [1.165, 1.54) is 5.56 Å². The number of carbonyl (C=O) groups excluding carboxylic acids is 1. The average Bonchev–Trinajstić information content (AvgIpc) is 3.03. The average molecular weight is 300 g/mol. The maximum atomic E-state index is 11.5. The molecule has 1 aromatic heterocycles. The number of hydrogen-bond donors (Lipinski definition) is 1. The van der Waals surface area contributed by atoms with Crippen molar-refractivity contribution >= 4 is 12.1 Å². The molecule has 116 valence electrons. The summed E-state index contributed by atoms with van der Waals surface area (Å²) in [5.41, 5.74) is 2.20. The number of furan rings is 1. The Morgan fingerprint density at radius 1 is 1.32 bits per heavy atom. The Morgan fingerprint density at radius 3 is 2.73 bits per heavy atom. The molecule has 1 amide bonds. The number of nitrogens with zero attached hydrogens (tertiary/aromatic N) is 1. The van der Waals surface area contributed by atoms with Crippen molar-refractivity contribution in [3.8, 4) is 0 Å². The van der Waals surface area contributed by atoms with E-state index in [0.29, 0.717) is 18.2 Å². The second-order valence-corrected chi connectivity index (χ2v) is 5.19. The van der Waals surface area contributed by atoms with Crippen molar-refractivity contribution in [3.63, 3.8) is 0 Å². The normalized spacial score (nSPS) is 11.0. The van der Waals surface area contributed by atoms with Gasteiger partial charge >= 0.3 is 0 Å². The van der Waals surface area contributed by atoms with Crippen LogP contribution >= 0.6 is 0 Å². The van der Waals surface area contributed by atoms with Crippen LogP contribution in [-0.4, -0.2) is 18.7 Å². The maximum Gasteiger partial charge on any atom is 0.261 e. The van der Waals surface area contributed by atoms with Gasteiger partial charge < -0.3 is 14.6 Å². The highest BCUT2D eigenvalue weighted by atomic mass is 16.6. The minimum atomic E-state index is -0.247. The van der Waals surface area contributed by atoms with E-state index < -0.39 is 0 Å². The van der Waals surface area contributed by atoms with Crippen molar-refractivity contribution in [2.24, 2.45) is 5.16 Å². The molecule has 5 heteroatoms. The van der Waals surface area contributed by atoms with Crippen molar-refractivity contribution in [1.29, 1.82) is 0 Å². The van der Waals surface area contributed by atoms with Crippen LogP contribution in [0.3, 0.4) is 0 Å². The fourth-order valence-electron chi connectivity index (χ4n) is 1.81. The summed E-state index contributed by atoms with van der Waals surface area (Å²) in [6.07, 6.45) is 3.15. The predicted molar refractivity (Wildman–Crippen MR) is 84.6 cm³/mol. The summed E-state index contributed by atoms with van der Waals surface area (Å²) < 4.78 is 5.11. The zero-order valence-electron chi connectivity index (χ0n) is 12.8. The lowest BCUT2D eigenvalue weighted by Gasteiger charge is -2.04. The zero-order chi connectivity index (χ0) is 15.8. The smallest absolute Gasteiger partial charge is 0.261 e. The molecule has 0 atom stereocenters. The first kappa shape index (κ1) is 15.8. The maximum absolute atomic E-state index is 11.5. The van der Waals surface area contributed by atoms with Crippen LogP contribution in [0.1, 0.15) is 36.7 Å². The van der Waals surface area contributed by atoms with Crippen molar-refractivity contribution in [3.05, 3.63) is 59.5 Å². The highest BCUT2D eigenvalue weighted by molar-refractivity contribution is 5.79. The van der Waals surface area contributed by atoms with E-state index in [9.17, 15) is 4.79 Å². The summed E-state index contributed by atoms with van der Waals surface area (Å²) in [6, 6.07) is 11.6. The fourth-order valence-corrected chi connectivity index (χ4v) is 1.81. The second-order valence-electron chi connectivity index (χ2n) is 5.19. The molecule has 2 aromatic rings. The molecule has 0 spiro atoms. The van der Waals surface area contributed by atoms with E-state index in [0.717, 1.165) is 5.56 Å². The summed E-state index contributed by atoms with van der Waals surface area (Å²) in [6.45, 7) is 4.51. The molecule has 1 N–H and O–H groups in total. The van der Waals surface area contributed by atoms with Crippen LogP contribution in [0.2, 0.25) is 0 Å². The van der Waals surface area contributed by atoms with Gasteiger partial charge in [0.15, 0.2) is 6.61 Å². The van der Waals surface area contributed by atoms with E-state index in [4.69, 9.17) is 9.25 Å². The van der Waals surface area contributed by atoms with E-state index in [-0.39, 0.29) is 12.5 Å². The molecule has 0 radical (unpaired) electrons. The third kappa shape index (κ3) is 5.09. The van der Waals surface area contributed by atoms with Crippen LogP contribution in [-0.2, 0) is 16.2 Å². The summed E-state index contributed by atoms with van der Waals surface area (Å²) in [7, 11) is 0. The number of nitrogens with one attached hydrogen (secondary N) is 1. The van der Waals surface area contributed by atoms with Crippen LogP contribution in [0.5, 0.6) is 0 Å². The van der Waals surface area contributed by atoms with E-state index in [1.54, 1.807) is 24.6 Å². The Bertz CT molecular complexity index is 601. The topological polar surface area (TPSA) is 63.8 Å². The molecule has 2 rings (SSSR count). The molecule has 0 aliphatic heterocycles. The fraction of sp³-hybridized carbons (Fsp3) is 0.294. The first-order valence-corrected chi connectivity index (χ1v) is 7.19. The van der Waals surface area contributed by atoms with Gasteiger partial charge in [-0.05, 0) is 29.2 Å². The van der Waals surface area contributed by atoms with Gasteiger partial charge in [0.2, 0.25) is 0 Å². The van der Waals surface area contributed by atoms with Gasteiger partial charge in [0.1, 0.15) is 5.76 Å². The zero-order valence-corrected chi connectivity index (χ0v) is 12.8. The third-order valence-corrected chi connectivity index (χ3v) is 3.11. The Kier molecular flexibility index (Phi) is 5.77. The number of carbonyl (C=O) groups is 1. The standard InChI is InChI=1S/C17H20N2O3/c1-13(2)15-7-5-14(6-8-15)10-19-22-12-17(20)18-11-16-4-3-9-21-16/h3-10,13H,11-12H2,1-2H3,(H,18,20)/b19-10+. The number of rotatable bonds is 7. The molecule has 0 aliphatic carbocycles. The van der Waals surface area contributed by atoms with Crippen molar-refractivity contribution in [2.45, 2.75) is 26.3 Å². The van der Waals surface area contributed by atoms with E-state index in [1.807, 2.05) is 12.1 Å². The Hall–Kier alpha value is -2.56. The van der Waals surface area contributed by atoms with Gasteiger partial charge in [-0.15, -0.1) is 0 Å². The predicted octanol–water partition coefficient (Wildman–Crippen LogP) is 3.07. The number of benzene rings is 1. The Balaban J connectivity index is 1.69. The molecule has 0 saturated heterocycles.